The van der Waals surface area contributed by atoms with Crippen molar-refractivity contribution < 1.29 is 14.0 Å². The molecule has 11 heteroatoms. The van der Waals surface area contributed by atoms with E-state index in [2.05, 4.69) is 25.8 Å². The van der Waals surface area contributed by atoms with Crippen LogP contribution in [0.5, 0.6) is 0 Å². The first-order valence-electron chi connectivity index (χ1n) is 9.68. The second-order valence-electron chi connectivity index (χ2n) is 6.80. The first-order valence-corrected chi connectivity index (χ1v) is 11.4. The SMILES string of the molecule is CCn1c(S[C@@H](C)C(=O)Nc2nc(C)cs2)nnc1[C@@H](C)NC(=O)c1ccccc1F. The molecule has 31 heavy (non-hydrogen) atoms. The number of amides is 2. The van der Waals surface area contributed by atoms with Crippen LogP contribution in [-0.2, 0) is 11.3 Å². The molecule has 0 aliphatic carbocycles. The first-order chi connectivity index (χ1) is 14.8. The number of nitrogens with zero attached hydrogens (tertiary/aromatic N) is 4. The van der Waals surface area contributed by atoms with Crippen LogP contribution in [0.1, 0.15) is 48.7 Å². The van der Waals surface area contributed by atoms with Crippen LogP contribution < -0.4 is 10.6 Å². The molecule has 2 N–H and O–H groups in total. The number of benzene rings is 1. The number of rotatable bonds is 8. The van der Waals surface area contributed by atoms with Crippen LogP contribution in [0.25, 0.3) is 0 Å². The summed E-state index contributed by atoms with van der Waals surface area (Å²) in [6.07, 6.45) is 0. The molecule has 0 unspecified atom stereocenters. The van der Waals surface area contributed by atoms with Crippen LogP contribution in [0.15, 0.2) is 34.8 Å². The minimum absolute atomic E-state index is 0.0331. The van der Waals surface area contributed by atoms with Gasteiger partial charge in [-0.1, -0.05) is 23.9 Å². The van der Waals surface area contributed by atoms with E-state index >= 15 is 0 Å². The van der Waals surface area contributed by atoms with Gasteiger partial charge in [0, 0.05) is 11.9 Å². The molecule has 0 fully saturated rings. The Hall–Kier alpha value is -2.79. The van der Waals surface area contributed by atoms with Crippen LogP contribution in [0.2, 0.25) is 0 Å². The van der Waals surface area contributed by atoms with Crippen LogP contribution in [0, 0.1) is 12.7 Å². The Morgan fingerprint density at radius 2 is 2.00 bits per heavy atom. The van der Waals surface area contributed by atoms with Gasteiger partial charge in [0.25, 0.3) is 5.91 Å². The highest BCUT2D eigenvalue weighted by Crippen LogP contribution is 2.26. The van der Waals surface area contributed by atoms with Gasteiger partial charge in [0.2, 0.25) is 5.91 Å². The summed E-state index contributed by atoms with van der Waals surface area (Å²) in [5.74, 6) is -0.780. The van der Waals surface area contributed by atoms with Gasteiger partial charge in [0.05, 0.1) is 22.5 Å². The van der Waals surface area contributed by atoms with Crippen molar-refractivity contribution in [2.75, 3.05) is 5.32 Å². The Kier molecular flexibility index (Phi) is 7.39. The number of hydrogen-bond donors (Lipinski definition) is 2. The number of nitrogens with one attached hydrogen (secondary N) is 2. The quantitative estimate of drug-likeness (QED) is 0.494. The average molecular weight is 463 g/mol. The summed E-state index contributed by atoms with van der Waals surface area (Å²) in [7, 11) is 0. The molecule has 8 nitrogen and oxygen atoms in total. The largest absolute Gasteiger partial charge is 0.342 e. The molecule has 2 atom stereocenters. The molecule has 164 valence electrons. The average Bonchev–Trinajstić information content (AvgIpc) is 3.33. The van der Waals surface area contributed by atoms with E-state index in [-0.39, 0.29) is 11.5 Å². The van der Waals surface area contributed by atoms with Crippen LogP contribution in [-0.4, -0.2) is 36.8 Å². The van der Waals surface area contributed by atoms with Gasteiger partial charge in [-0.2, -0.15) is 0 Å². The van der Waals surface area contributed by atoms with Gasteiger partial charge < -0.3 is 15.2 Å². The lowest BCUT2D eigenvalue weighted by Crippen LogP contribution is -2.29. The third-order valence-corrected chi connectivity index (χ3v) is 6.37. The maximum atomic E-state index is 13.9. The topological polar surface area (TPSA) is 102 Å². The fourth-order valence-electron chi connectivity index (χ4n) is 2.82. The number of aryl methyl sites for hydroxylation is 1. The second kappa shape index (κ2) is 10.0. The minimum Gasteiger partial charge on any atom is -0.342 e. The van der Waals surface area contributed by atoms with E-state index in [1.54, 1.807) is 19.9 Å². The summed E-state index contributed by atoms with van der Waals surface area (Å²) in [6, 6.07) is 5.29. The minimum atomic E-state index is -0.587. The number of carbonyl (C=O) groups excluding carboxylic acids is 2. The molecule has 0 aliphatic rings. The monoisotopic (exact) mass is 462 g/mol. The van der Waals surface area contributed by atoms with Crippen molar-refractivity contribution in [3.05, 3.63) is 52.5 Å². The molecule has 0 saturated carbocycles. The molecule has 3 rings (SSSR count). The number of thioether (sulfide) groups is 1. The van der Waals surface area contributed by atoms with E-state index in [4.69, 9.17) is 0 Å². The molecule has 2 heterocycles. The van der Waals surface area contributed by atoms with E-state index in [9.17, 15) is 14.0 Å². The summed E-state index contributed by atoms with van der Waals surface area (Å²) in [5.41, 5.74) is 0.816. The number of aromatic nitrogens is 4. The Labute approximate surface area is 187 Å². The highest BCUT2D eigenvalue weighted by Gasteiger charge is 2.24. The Morgan fingerprint density at radius 3 is 2.65 bits per heavy atom. The number of halogens is 1. The molecule has 3 aromatic rings. The lowest BCUT2D eigenvalue weighted by molar-refractivity contribution is -0.115. The molecular formula is C20H23FN6O2S2. The van der Waals surface area contributed by atoms with Crippen LogP contribution in [0.3, 0.4) is 0 Å². The zero-order valence-electron chi connectivity index (χ0n) is 17.5. The number of carbonyl (C=O) groups is 2. The molecule has 1 aromatic carbocycles. The third-order valence-electron chi connectivity index (χ3n) is 4.42. The fourth-order valence-corrected chi connectivity index (χ4v) is 4.43. The van der Waals surface area contributed by atoms with Crippen molar-refractivity contribution in [2.24, 2.45) is 0 Å². The maximum absolute atomic E-state index is 13.9. The number of hydrogen-bond acceptors (Lipinski definition) is 7. The molecule has 0 saturated heterocycles. The summed E-state index contributed by atoms with van der Waals surface area (Å²) in [6.45, 7) is 7.86. The third kappa shape index (κ3) is 5.47. The second-order valence-corrected chi connectivity index (χ2v) is 8.97. The van der Waals surface area contributed by atoms with Gasteiger partial charge in [-0.3, -0.25) is 9.59 Å². The molecule has 0 bridgehead atoms. The zero-order valence-corrected chi connectivity index (χ0v) is 19.2. The smallest absolute Gasteiger partial charge is 0.254 e. The van der Waals surface area contributed by atoms with E-state index in [0.717, 1.165) is 5.69 Å². The summed E-state index contributed by atoms with van der Waals surface area (Å²) in [5, 5.41) is 16.5. The van der Waals surface area contributed by atoms with E-state index < -0.39 is 23.0 Å². The zero-order chi connectivity index (χ0) is 22.5. The standard InChI is InChI=1S/C20H23FN6O2S2/c1-5-27-16(12(3)23-18(29)14-8-6-7-9-15(14)21)25-26-20(27)31-13(4)17(28)24-19-22-11(2)10-30-19/h6-10,12-13H,5H2,1-4H3,(H,23,29)(H,22,24,28)/t12-,13+/m1/s1. The van der Waals surface area contributed by atoms with Gasteiger partial charge in [-0.25, -0.2) is 9.37 Å². The van der Waals surface area contributed by atoms with Crippen molar-refractivity contribution in [2.45, 2.75) is 50.7 Å². The first kappa shape index (κ1) is 22.9. The molecule has 0 spiro atoms. The van der Waals surface area contributed by atoms with Crippen molar-refractivity contribution >= 4 is 40.0 Å². The Balaban J connectivity index is 1.68. The molecule has 2 amide bonds. The van der Waals surface area contributed by atoms with Gasteiger partial charge >= 0.3 is 0 Å². The van der Waals surface area contributed by atoms with Crippen LogP contribution >= 0.6 is 23.1 Å². The predicted octanol–water partition coefficient (Wildman–Crippen LogP) is 3.81. The maximum Gasteiger partial charge on any atom is 0.254 e. The Bertz CT molecular complexity index is 1080. The summed E-state index contributed by atoms with van der Waals surface area (Å²) >= 11 is 2.64. The van der Waals surface area contributed by atoms with Crippen molar-refractivity contribution in [3.63, 3.8) is 0 Å². The number of anilines is 1. The number of thiazole rings is 1. The van der Waals surface area contributed by atoms with Gasteiger partial charge in [-0.15, -0.1) is 21.5 Å². The van der Waals surface area contributed by atoms with Gasteiger partial charge in [-0.05, 0) is 39.8 Å². The highest BCUT2D eigenvalue weighted by atomic mass is 32.2. The molecule has 0 aliphatic heterocycles. The van der Waals surface area contributed by atoms with Crippen molar-refractivity contribution in [3.8, 4) is 0 Å². The predicted molar refractivity (Wildman–Crippen MR) is 119 cm³/mol. The van der Waals surface area contributed by atoms with E-state index in [0.29, 0.717) is 22.7 Å². The van der Waals surface area contributed by atoms with E-state index in [1.165, 1.54) is 41.3 Å². The highest BCUT2D eigenvalue weighted by molar-refractivity contribution is 8.00. The van der Waals surface area contributed by atoms with Gasteiger partial charge in [0.1, 0.15) is 5.82 Å². The van der Waals surface area contributed by atoms with Crippen molar-refractivity contribution in [1.29, 1.82) is 0 Å². The van der Waals surface area contributed by atoms with Crippen LogP contribution in [0.4, 0.5) is 9.52 Å². The normalized spacial score (nSPS) is 12.9. The molecule has 0 radical (unpaired) electrons. The molecular weight excluding hydrogens is 439 g/mol. The summed E-state index contributed by atoms with van der Waals surface area (Å²) in [4.78, 5) is 29.1. The fraction of sp³-hybridized carbons (Fsp3) is 0.350. The molecule has 2 aromatic heterocycles. The van der Waals surface area contributed by atoms with Crippen molar-refractivity contribution in [1.82, 2.24) is 25.1 Å². The lowest BCUT2D eigenvalue weighted by Gasteiger charge is -2.16. The van der Waals surface area contributed by atoms with E-state index in [1.807, 2.05) is 23.8 Å². The lowest BCUT2D eigenvalue weighted by atomic mass is 10.2. The Morgan fingerprint density at radius 1 is 1.26 bits per heavy atom. The summed E-state index contributed by atoms with van der Waals surface area (Å²) < 4.78 is 15.7. The van der Waals surface area contributed by atoms with Gasteiger partial charge in [0.15, 0.2) is 16.1 Å².